The zero-order valence-corrected chi connectivity index (χ0v) is 11.9. The lowest BCUT2D eigenvalue weighted by Gasteiger charge is -2.36. The molecule has 4 heteroatoms. The van der Waals surface area contributed by atoms with Crippen molar-refractivity contribution in [1.29, 1.82) is 0 Å². The third-order valence-corrected chi connectivity index (χ3v) is 3.67. The fraction of sp³-hybridized carbons (Fsp3) is 0.615. The molecule has 1 aromatic heterocycles. The maximum Gasteiger partial charge on any atom is 0.0410 e. The van der Waals surface area contributed by atoms with Crippen molar-refractivity contribution in [3.63, 3.8) is 0 Å². The van der Waals surface area contributed by atoms with E-state index in [0.717, 1.165) is 30.7 Å². The maximum absolute atomic E-state index is 4.23. The number of piperazine rings is 1. The second-order valence-corrected chi connectivity index (χ2v) is 5.54. The van der Waals surface area contributed by atoms with Crippen molar-refractivity contribution in [2.75, 3.05) is 19.6 Å². The van der Waals surface area contributed by atoms with Crippen molar-refractivity contribution in [3.05, 3.63) is 28.5 Å². The topological polar surface area (TPSA) is 28.2 Å². The first kappa shape index (κ1) is 13.0. The van der Waals surface area contributed by atoms with E-state index in [1.807, 2.05) is 12.4 Å². The Morgan fingerprint density at radius 1 is 1.53 bits per heavy atom. The second kappa shape index (κ2) is 6.47. The standard InChI is InChI=1S/C13H20BrN3/c1-2-3-13-9-15-4-5-17(13)10-11-6-12(14)8-16-7-11/h6-8,13,15H,2-5,9-10H2,1H3. The Morgan fingerprint density at radius 3 is 3.18 bits per heavy atom. The zero-order chi connectivity index (χ0) is 12.1. The van der Waals surface area contributed by atoms with Crippen LogP contribution in [0.5, 0.6) is 0 Å². The highest BCUT2D eigenvalue weighted by Gasteiger charge is 2.21. The quantitative estimate of drug-likeness (QED) is 0.925. The van der Waals surface area contributed by atoms with Crippen LogP contribution in [0.25, 0.3) is 0 Å². The van der Waals surface area contributed by atoms with Gasteiger partial charge in [-0.25, -0.2) is 0 Å². The smallest absolute Gasteiger partial charge is 0.0410 e. The highest BCUT2D eigenvalue weighted by atomic mass is 79.9. The minimum Gasteiger partial charge on any atom is -0.314 e. The van der Waals surface area contributed by atoms with Gasteiger partial charge in [-0.3, -0.25) is 9.88 Å². The predicted molar refractivity (Wildman–Crippen MR) is 73.9 cm³/mol. The van der Waals surface area contributed by atoms with E-state index in [1.165, 1.54) is 18.4 Å². The molecule has 1 saturated heterocycles. The Hall–Kier alpha value is -0.450. The average molecular weight is 298 g/mol. The van der Waals surface area contributed by atoms with Gasteiger partial charge in [-0.15, -0.1) is 0 Å². The molecule has 1 aliphatic heterocycles. The summed E-state index contributed by atoms with van der Waals surface area (Å²) in [5.41, 5.74) is 1.29. The zero-order valence-electron chi connectivity index (χ0n) is 10.3. The Labute approximate surface area is 112 Å². The predicted octanol–water partition coefficient (Wildman–Crippen LogP) is 2.42. The minimum absolute atomic E-state index is 0.674. The molecular formula is C13H20BrN3. The van der Waals surface area contributed by atoms with E-state index >= 15 is 0 Å². The lowest BCUT2D eigenvalue weighted by atomic mass is 10.1. The van der Waals surface area contributed by atoms with Crippen LogP contribution < -0.4 is 5.32 Å². The summed E-state index contributed by atoms with van der Waals surface area (Å²) in [6.07, 6.45) is 6.33. The van der Waals surface area contributed by atoms with Crippen LogP contribution in [0, 0.1) is 0 Å². The minimum atomic E-state index is 0.674. The normalized spacial score (nSPS) is 21.6. The highest BCUT2D eigenvalue weighted by molar-refractivity contribution is 9.10. The van der Waals surface area contributed by atoms with E-state index in [2.05, 4.69) is 44.1 Å². The highest BCUT2D eigenvalue weighted by Crippen LogP contribution is 2.16. The van der Waals surface area contributed by atoms with E-state index in [-0.39, 0.29) is 0 Å². The second-order valence-electron chi connectivity index (χ2n) is 4.63. The van der Waals surface area contributed by atoms with Gasteiger partial charge in [0.05, 0.1) is 0 Å². The first-order valence-corrected chi connectivity index (χ1v) is 7.13. The molecule has 1 atom stereocenters. The number of nitrogens with one attached hydrogen (secondary N) is 1. The van der Waals surface area contributed by atoms with E-state index in [9.17, 15) is 0 Å². The van der Waals surface area contributed by atoms with Crippen LogP contribution in [0.15, 0.2) is 22.9 Å². The van der Waals surface area contributed by atoms with Crippen LogP contribution >= 0.6 is 15.9 Å². The molecule has 94 valence electrons. The van der Waals surface area contributed by atoms with Gasteiger partial charge in [0, 0.05) is 49.1 Å². The molecule has 0 amide bonds. The molecule has 0 spiro atoms. The monoisotopic (exact) mass is 297 g/mol. The molecule has 2 rings (SSSR count). The molecule has 1 aromatic rings. The van der Waals surface area contributed by atoms with Crippen LogP contribution in [0.1, 0.15) is 25.3 Å². The summed E-state index contributed by atoms with van der Waals surface area (Å²) in [5, 5.41) is 3.48. The first-order chi connectivity index (χ1) is 8.29. The van der Waals surface area contributed by atoms with E-state index in [0.29, 0.717) is 6.04 Å². The fourth-order valence-corrected chi connectivity index (χ4v) is 2.82. The van der Waals surface area contributed by atoms with Crippen LogP contribution in [0.2, 0.25) is 0 Å². The van der Waals surface area contributed by atoms with Gasteiger partial charge in [0.1, 0.15) is 0 Å². The van der Waals surface area contributed by atoms with Crippen molar-refractivity contribution < 1.29 is 0 Å². The van der Waals surface area contributed by atoms with Gasteiger partial charge in [0.25, 0.3) is 0 Å². The lowest BCUT2D eigenvalue weighted by molar-refractivity contribution is 0.144. The van der Waals surface area contributed by atoms with Crippen molar-refractivity contribution in [2.45, 2.75) is 32.4 Å². The molecule has 1 aliphatic rings. The Balaban J connectivity index is 2.00. The van der Waals surface area contributed by atoms with Crippen molar-refractivity contribution in [1.82, 2.24) is 15.2 Å². The van der Waals surface area contributed by atoms with Gasteiger partial charge in [-0.1, -0.05) is 13.3 Å². The summed E-state index contributed by atoms with van der Waals surface area (Å²) < 4.78 is 1.07. The summed E-state index contributed by atoms with van der Waals surface area (Å²) in [5.74, 6) is 0. The van der Waals surface area contributed by atoms with Crippen LogP contribution in [-0.2, 0) is 6.54 Å². The number of aromatic nitrogens is 1. The third kappa shape index (κ3) is 3.76. The number of nitrogens with zero attached hydrogens (tertiary/aromatic N) is 2. The number of hydrogen-bond donors (Lipinski definition) is 1. The molecule has 0 bridgehead atoms. The molecule has 2 heterocycles. The Bertz CT molecular complexity index is 354. The van der Waals surface area contributed by atoms with Crippen molar-refractivity contribution >= 4 is 15.9 Å². The molecule has 1 unspecified atom stereocenters. The van der Waals surface area contributed by atoms with E-state index in [4.69, 9.17) is 0 Å². The molecule has 0 aromatic carbocycles. The first-order valence-electron chi connectivity index (χ1n) is 6.33. The van der Waals surface area contributed by atoms with Gasteiger partial charge < -0.3 is 5.32 Å². The lowest BCUT2D eigenvalue weighted by Crippen LogP contribution is -2.50. The molecule has 17 heavy (non-hydrogen) atoms. The van der Waals surface area contributed by atoms with E-state index in [1.54, 1.807) is 0 Å². The van der Waals surface area contributed by atoms with Gasteiger partial charge >= 0.3 is 0 Å². The summed E-state index contributed by atoms with van der Waals surface area (Å²) >= 11 is 3.48. The maximum atomic E-state index is 4.23. The van der Waals surface area contributed by atoms with Crippen molar-refractivity contribution in [2.24, 2.45) is 0 Å². The van der Waals surface area contributed by atoms with E-state index < -0.39 is 0 Å². The summed E-state index contributed by atoms with van der Waals surface area (Å²) in [4.78, 5) is 6.80. The van der Waals surface area contributed by atoms with Crippen molar-refractivity contribution in [3.8, 4) is 0 Å². The number of halogens is 1. The van der Waals surface area contributed by atoms with Gasteiger partial charge in [-0.2, -0.15) is 0 Å². The number of hydrogen-bond acceptors (Lipinski definition) is 3. The molecular weight excluding hydrogens is 278 g/mol. The van der Waals surface area contributed by atoms with Crippen LogP contribution in [0.4, 0.5) is 0 Å². The average Bonchev–Trinajstić information content (AvgIpc) is 2.32. The molecule has 3 nitrogen and oxygen atoms in total. The Morgan fingerprint density at radius 2 is 2.41 bits per heavy atom. The third-order valence-electron chi connectivity index (χ3n) is 3.24. The molecule has 0 aliphatic carbocycles. The fourth-order valence-electron chi connectivity index (χ4n) is 2.41. The molecule has 0 saturated carbocycles. The van der Waals surface area contributed by atoms with Gasteiger partial charge in [-0.05, 0) is 34.0 Å². The molecule has 1 fully saturated rings. The summed E-state index contributed by atoms with van der Waals surface area (Å²) in [6.45, 7) is 6.63. The van der Waals surface area contributed by atoms with Gasteiger partial charge in [0.2, 0.25) is 0 Å². The largest absolute Gasteiger partial charge is 0.314 e. The number of pyridine rings is 1. The summed E-state index contributed by atoms with van der Waals surface area (Å²) in [7, 11) is 0. The van der Waals surface area contributed by atoms with Crippen LogP contribution in [0.3, 0.4) is 0 Å². The SMILES string of the molecule is CCCC1CNCCN1Cc1cncc(Br)c1. The van der Waals surface area contributed by atoms with Crippen LogP contribution in [-0.4, -0.2) is 35.6 Å². The summed E-state index contributed by atoms with van der Waals surface area (Å²) in [6, 6.07) is 2.84. The molecule has 0 radical (unpaired) electrons. The Kier molecular flexibility index (Phi) is 4.95. The van der Waals surface area contributed by atoms with Gasteiger partial charge in [0.15, 0.2) is 0 Å². The molecule has 1 N–H and O–H groups in total. The number of rotatable bonds is 4.